The summed E-state index contributed by atoms with van der Waals surface area (Å²) in [5.41, 5.74) is 1.62. The van der Waals surface area contributed by atoms with Gasteiger partial charge >= 0.3 is 0 Å². The van der Waals surface area contributed by atoms with Crippen LogP contribution in [0.25, 0.3) is 0 Å². The van der Waals surface area contributed by atoms with Crippen molar-refractivity contribution in [3.05, 3.63) is 98.4 Å². The Balaban J connectivity index is 1.82. The van der Waals surface area contributed by atoms with E-state index < -0.39 is 15.9 Å². The van der Waals surface area contributed by atoms with Gasteiger partial charge in [-0.15, -0.1) is 0 Å². The number of sulfonamides is 1. The Labute approximate surface area is 206 Å². The molecule has 0 aliphatic carbocycles. The summed E-state index contributed by atoms with van der Waals surface area (Å²) in [5.74, 6) is -0.410. The molecule has 0 bridgehead atoms. The van der Waals surface area contributed by atoms with Crippen molar-refractivity contribution < 1.29 is 13.2 Å². The van der Waals surface area contributed by atoms with Crippen LogP contribution in [0.2, 0.25) is 10.0 Å². The molecule has 1 amide bonds. The van der Waals surface area contributed by atoms with Crippen molar-refractivity contribution >= 4 is 55.1 Å². The monoisotopic (exact) mass is 554 g/mol. The Morgan fingerprint density at radius 1 is 0.938 bits per heavy atom. The lowest BCUT2D eigenvalue weighted by molar-refractivity contribution is -0.122. The van der Waals surface area contributed by atoms with E-state index in [4.69, 9.17) is 23.2 Å². The van der Waals surface area contributed by atoms with Gasteiger partial charge in [0.15, 0.2) is 0 Å². The quantitative estimate of drug-likeness (QED) is 0.380. The van der Waals surface area contributed by atoms with Gasteiger partial charge in [0.05, 0.1) is 17.5 Å². The summed E-state index contributed by atoms with van der Waals surface area (Å²) in [6, 6.07) is 20.0. The van der Waals surface area contributed by atoms with Gasteiger partial charge in [0.25, 0.3) is 0 Å². The average molecular weight is 556 g/mol. The lowest BCUT2D eigenvalue weighted by Gasteiger charge is -2.23. The Bertz CT molecular complexity index is 1170. The molecule has 0 saturated heterocycles. The molecule has 0 fully saturated rings. The van der Waals surface area contributed by atoms with E-state index in [1.807, 2.05) is 31.2 Å². The molecule has 5 nitrogen and oxygen atoms in total. The van der Waals surface area contributed by atoms with Gasteiger partial charge in [-0.05, 0) is 66.6 Å². The summed E-state index contributed by atoms with van der Waals surface area (Å²) in [7, 11) is -3.95. The standard InChI is InChI=1S/C23H21BrCl2N2O3S/c1-16(18-4-6-19(24)7-5-18)27-23(29)15-28(14-17-2-8-20(25)9-3-17)32(30,31)22-12-10-21(26)11-13-22/h2-13,16H,14-15H2,1H3,(H,27,29). The number of rotatable bonds is 8. The molecule has 0 radical (unpaired) electrons. The first-order valence-corrected chi connectivity index (χ1v) is 12.7. The second-order valence-electron chi connectivity index (χ2n) is 7.19. The van der Waals surface area contributed by atoms with E-state index in [1.54, 1.807) is 24.3 Å². The largest absolute Gasteiger partial charge is 0.348 e. The summed E-state index contributed by atoms with van der Waals surface area (Å²) in [6.45, 7) is 1.52. The van der Waals surface area contributed by atoms with Crippen molar-refractivity contribution in [3.8, 4) is 0 Å². The number of benzene rings is 3. The molecule has 1 atom stereocenters. The molecular weight excluding hydrogens is 535 g/mol. The fraction of sp³-hybridized carbons (Fsp3) is 0.174. The molecule has 0 aliphatic rings. The number of hydrogen-bond donors (Lipinski definition) is 1. The molecule has 0 saturated carbocycles. The van der Waals surface area contributed by atoms with Crippen molar-refractivity contribution in [1.29, 1.82) is 0 Å². The molecule has 3 aromatic carbocycles. The predicted molar refractivity (Wildman–Crippen MR) is 131 cm³/mol. The molecule has 1 unspecified atom stereocenters. The Hall–Kier alpha value is -1.90. The maximum absolute atomic E-state index is 13.3. The van der Waals surface area contributed by atoms with Crippen LogP contribution in [0.3, 0.4) is 0 Å². The normalized spacial score (nSPS) is 12.5. The van der Waals surface area contributed by atoms with Crippen LogP contribution in [0.1, 0.15) is 24.1 Å². The lowest BCUT2D eigenvalue weighted by Crippen LogP contribution is -2.41. The number of amides is 1. The third-order valence-electron chi connectivity index (χ3n) is 4.79. The molecule has 32 heavy (non-hydrogen) atoms. The van der Waals surface area contributed by atoms with Crippen molar-refractivity contribution in [2.75, 3.05) is 6.54 Å². The number of carbonyl (C=O) groups is 1. The van der Waals surface area contributed by atoms with Gasteiger partial charge in [0, 0.05) is 21.1 Å². The van der Waals surface area contributed by atoms with E-state index in [-0.39, 0.29) is 24.0 Å². The van der Waals surface area contributed by atoms with Crippen LogP contribution >= 0.6 is 39.1 Å². The zero-order chi connectivity index (χ0) is 23.3. The number of halogens is 3. The molecule has 168 valence electrons. The molecule has 3 aromatic rings. The molecule has 0 spiro atoms. The Morgan fingerprint density at radius 2 is 1.47 bits per heavy atom. The fourth-order valence-corrected chi connectivity index (χ4v) is 4.96. The third-order valence-corrected chi connectivity index (χ3v) is 7.63. The Kier molecular flexibility index (Phi) is 8.36. The van der Waals surface area contributed by atoms with E-state index in [1.165, 1.54) is 24.3 Å². The van der Waals surface area contributed by atoms with Crippen LogP contribution in [0.5, 0.6) is 0 Å². The first-order chi connectivity index (χ1) is 15.1. The van der Waals surface area contributed by atoms with Gasteiger partial charge in [-0.1, -0.05) is 63.4 Å². The van der Waals surface area contributed by atoms with Gasteiger partial charge in [0.1, 0.15) is 0 Å². The van der Waals surface area contributed by atoms with Gasteiger partial charge in [-0.3, -0.25) is 4.79 Å². The van der Waals surface area contributed by atoms with E-state index >= 15 is 0 Å². The van der Waals surface area contributed by atoms with Crippen molar-refractivity contribution in [3.63, 3.8) is 0 Å². The van der Waals surface area contributed by atoms with E-state index in [0.29, 0.717) is 15.6 Å². The second kappa shape index (κ2) is 10.8. The van der Waals surface area contributed by atoms with Crippen LogP contribution in [-0.2, 0) is 21.4 Å². The number of nitrogens with one attached hydrogen (secondary N) is 1. The summed E-state index contributed by atoms with van der Waals surface area (Å²) in [5, 5.41) is 3.84. The van der Waals surface area contributed by atoms with E-state index in [0.717, 1.165) is 14.3 Å². The zero-order valence-corrected chi connectivity index (χ0v) is 21.0. The summed E-state index contributed by atoms with van der Waals surface area (Å²) >= 11 is 15.2. The van der Waals surface area contributed by atoms with Crippen LogP contribution in [0.4, 0.5) is 0 Å². The van der Waals surface area contributed by atoms with Crippen LogP contribution in [0, 0.1) is 0 Å². The molecule has 0 heterocycles. The first-order valence-electron chi connectivity index (χ1n) is 9.70. The van der Waals surface area contributed by atoms with Crippen LogP contribution in [-0.4, -0.2) is 25.2 Å². The van der Waals surface area contributed by atoms with Gasteiger partial charge in [0.2, 0.25) is 15.9 Å². The predicted octanol–water partition coefficient (Wildman–Crippen LogP) is 5.82. The second-order valence-corrected chi connectivity index (χ2v) is 10.9. The van der Waals surface area contributed by atoms with E-state index in [9.17, 15) is 13.2 Å². The Morgan fingerprint density at radius 3 is 2.03 bits per heavy atom. The average Bonchev–Trinajstić information content (AvgIpc) is 2.75. The number of carbonyl (C=O) groups excluding carboxylic acids is 1. The minimum absolute atomic E-state index is 0.0161. The highest BCUT2D eigenvalue weighted by Gasteiger charge is 2.27. The molecule has 3 rings (SSSR count). The zero-order valence-electron chi connectivity index (χ0n) is 17.1. The third kappa shape index (κ3) is 6.56. The maximum Gasteiger partial charge on any atom is 0.243 e. The van der Waals surface area contributed by atoms with Crippen LogP contribution < -0.4 is 5.32 Å². The highest BCUT2D eigenvalue weighted by molar-refractivity contribution is 9.10. The SMILES string of the molecule is CC(NC(=O)CN(Cc1ccc(Cl)cc1)S(=O)(=O)c1ccc(Cl)cc1)c1ccc(Br)cc1. The maximum atomic E-state index is 13.3. The molecular formula is C23H21BrCl2N2O3S. The number of nitrogens with zero attached hydrogens (tertiary/aromatic N) is 1. The van der Waals surface area contributed by atoms with Gasteiger partial charge in [-0.25, -0.2) is 8.42 Å². The van der Waals surface area contributed by atoms with Gasteiger partial charge < -0.3 is 5.32 Å². The minimum atomic E-state index is -3.95. The van der Waals surface area contributed by atoms with E-state index in [2.05, 4.69) is 21.2 Å². The topological polar surface area (TPSA) is 66.5 Å². The van der Waals surface area contributed by atoms with Gasteiger partial charge in [-0.2, -0.15) is 4.31 Å². The molecule has 1 N–H and O–H groups in total. The smallest absolute Gasteiger partial charge is 0.243 e. The molecule has 9 heteroatoms. The highest BCUT2D eigenvalue weighted by Crippen LogP contribution is 2.22. The summed E-state index contributed by atoms with van der Waals surface area (Å²) < 4.78 is 28.7. The lowest BCUT2D eigenvalue weighted by atomic mass is 10.1. The summed E-state index contributed by atoms with van der Waals surface area (Å²) in [4.78, 5) is 12.9. The van der Waals surface area contributed by atoms with Crippen molar-refractivity contribution in [1.82, 2.24) is 9.62 Å². The molecule has 0 aliphatic heterocycles. The molecule has 0 aromatic heterocycles. The first kappa shape index (κ1) is 24.7. The van der Waals surface area contributed by atoms with Crippen LogP contribution in [0.15, 0.2) is 82.2 Å². The van der Waals surface area contributed by atoms with Crippen molar-refractivity contribution in [2.24, 2.45) is 0 Å². The summed E-state index contributed by atoms with van der Waals surface area (Å²) in [6.07, 6.45) is 0. The number of hydrogen-bond acceptors (Lipinski definition) is 3. The van der Waals surface area contributed by atoms with Crippen molar-refractivity contribution in [2.45, 2.75) is 24.4 Å². The minimum Gasteiger partial charge on any atom is -0.348 e. The fourth-order valence-electron chi connectivity index (χ4n) is 3.06. The highest BCUT2D eigenvalue weighted by atomic mass is 79.9.